The van der Waals surface area contributed by atoms with Gasteiger partial charge in [-0.25, -0.2) is 16.5 Å². The highest BCUT2D eigenvalue weighted by Gasteiger charge is 2.16. The molecule has 0 aliphatic carbocycles. The van der Waals surface area contributed by atoms with E-state index in [1.165, 1.54) is 44.9 Å². The number of nitrogens with zero attached hydrogens (tertiary/aromatic N) is 1. The van der Waals surface area contributed by atoms with E-state index in [4.69, 9.17) is 16.4 Å². The van der Waals surface area contributed by atoms with Crippen molar-refractivity contribution in [2.45, 2.75) is 57.8 Å². The molecule has 6 heteroatoms. The molecule has 1 saturated heterocycles. The lowest BCUT2D eigenvalue weighted by molar-refractivity contribution is -0.0364. The molecule has 0 unspecified atom stereocenters. The van der Waals surface area contributed by atoms with E-state index in [0.717, 1.165) is 37.0 Å². The van der Waals surface area contributed by atoms with E-state index in [2.05, 4.69) is 0 Å². The third kappa shape index (κ3) is 7.67. The summed E-state index contributed by atoms with van der Waals surface area (Å²) in [4.78, 5) is 11.0. The van der Waals surface area contributed by atoms with Crippen LogP contribution in [0.15, 0.2) is 0 Å². The van der Waals surface area contributed by atoms with Gasteiger partial charge < -0.3 is 4.74 Å². The van der Waals surface area contributed by atoms with E-state index in [1.54, 1.807) is 0 Å². The van der Waals surface area contributed by atoms with E-state index in [9.17, 15) is 4.79 Å². The monoisotopic (exact) mass is 286 g/mol. The normalized spacial score (nSPS) is 14.9. The minimum absolute atomic E-state index is 0.429. The fraction of sp³-hybridized carbons (Fsp3) is 0.929. The number of urea groups is 1. The Kier molecular flexibility index (Phi) is 9.36. The third-order valence-electron chi connectivity index (χ3n) is 3.85. The van der Waals surface area contributed by atoms with Crippen LogP contribution >= 0.6 is 0 Å². The highest BCUT2D eigenvalue weighted by atomic mass is 16.5. The van der Waals surface area contributed by atoms with Crippen LogP contribution in [0.5, 0.6) is 0 Å². The zero-order chi connectivity index (χ0) is 14.6. The van der Waals surface area contributed by atoms with Gasteiger partial charge in [0.25, 0.3) is 0 Å². The third-order valence-corrected chi connectivity index (χ3v) is 3.85. The van der Waals surface area contributed by atoms with Crippen LogP contribution in [0.4, 0.5) is 4.79 Å². The summed E-state index contributed by atoms with van der Waals surface area (Å²) >= 11 is 0. The van der Waals surface area contributed by atoms with Crippen LogP contribution in [0.25, 0.3) is 0 Å². The number of unbranched alkanes of at least 4 members (excludes halogenated alkanes) is 7. The minimum Gasteiger partial charge on any atom is -0.381 e. The highest BCUT2D eigenvalue weighted by molar-refractivity contribution is 5.72. The van der Waals surface area contributed by atoms with Crippen molar-refractivity contribution in [1.82, 2.24) is 10.4 Å². The summed E-state index contributed by atoms with van der Waals surface area (Å²) in [5, 5.41) is 1.13. The van der Waals surface area contributed by atoms with Crippen molar-refractivity contribution in [3.8, 4) is 0 Å². The Balaban J connectivity index is 1.74. The zero-order valence-electron chi connectivity index (χ0n) is 12.5. The van der Waals surface area contributed by atoms with E-state index in [1.807, 2.05) is 5.43 Å². The number of rotatable bonds is 11. The van der Waals surface area contributed by atoms with Gasteiger partial charge in [-0.2, -0.15) is 0 Å². The average molecular weight is 286 g/mol. The molecule has 1 fully saturated rings. The molecule has 0 aromatic heterocycles. The van der Waals surface area contributed by atoms with Gasteiger partial charge in [0.1, 0.15) is 0 Å². The summed E-state index contributed by atoms with van der Waals surface area (Å²) in [6.45, 7) is 2.53. The lowest BCUT2D eigenvalue weighted by Crippen LogP contribution is -2.47. The molecule has 1 heterocycles. The van der Waals surface area contributed by atoms with E-state index in [0.29, 0.717) is 6.54 Å². The Morgan fingerprint density at radius 2 is 1.60 bits per heavy atom. The molecule has 1 aliphatic rings. The molecule has 118 valence electrons. The van der Waals surface area contributed by atoms with Gasteiger partial charge in [-0.15, -0.1) is 0 Å². The number of nitrogens with two attached hydrogens (primary N) is 2. The molecule has 0 aromatic rings. The van der Waals surface area contributed by atoms with E-state index < -0.39 is 6.03 Å². The first kappa shape index (κ1) is 17.2. The molecule has 0 saturated carbocycles. The topological polar surface area (TPSA) is 93.6 Å². The second kappa shape index (κ2) is 10.9. The summed E-state index contributed by atoms with van der Waals surface area (Å²) in [7, 11) is 0. The molecule has 0 atom stereocenters. The first-order chi connectivity index (χ1) is 9.74. The van der Waals surface area contributed by atoms with Crippen LogP contribution in [-0.2, 0) is 4.74 Å². The number of hydrazine groups is 2. The number of carbonyl (C=O) groups is 1. The first-order valence-corrected chi connectivity index (χ1v) is 7.84. The second-order valence-corrected chi connectivity index (χ2v) is 5.66. The van der Waals surface area contributed by atoms with Crippen molar-refractivity contribution in [3.05, 3.63) is 0 Å². The Morgan fingerprint density at radius 1 is 1.05 bits per heavy atom. The second-order valence-electron chi connectivity index (χ2n) is 5.66. The average Bonchev–Trinajstić information content (AvgIpc) is 2.41. The highest BCUT2D eigenvalue weighted by Crippen LogP contribution is 2.18. The first-order valence-electron chi connectivity index (χ1n) is 7.84. The Hall–Kier alpha value is -0.850. The predicted octanol–water partition coefficient (Wildman–Crippen LogP) is 1.90. The lowest BCUT2D eigenvalue weighted by Gasteiger charge is -2.25. The minimum atomic E-state index is -0.429. The Morgan fingerprint density at radius 3 is 2.10 bits per heavy atom. The maximum atomic E-state index is 11.0. The van der Waals surface area contributed by atoms with Crippen molar-refractivity contribution >= 4 is 6.03 Å². The van der Waals surface area contributed by atoms with Crippen LogP contribution in [0.1, 0.15) is 57.8 Å². The summed E-state index contributed by atoms with van der Waals surface area (Å²) in [6.07, 6.45) is 11.2. The molecule has 0 spiro atoms. The number of hydrogen-bond acceptors (Lipinski definition) is 4. The molecule has 20 heavy (non-hydrogen) atoms. The van der Waals surface area contributed by atoms with E-state index in [-0.39, 0.29) is 0 Å². The molecule has 5 N–H and O–H groups in total. The standard InChI is InChI=1S/C14H30N4O2/c15-17-14(19)18(16)10-8-6-4-2-1-3-5-7-9-13-11-20-12-13/h13H,1-12,15-16H2,(H,17,19). The molecule has 6 nitrogen and oxygen atoms in total. The summed E-state index contributed by atoms with van der Waals surface area (Å²) in [5.41, 5.74) is 2.02. The summed E-state index contributed by atoms with van der Waals surface area (Å²) in [5.74, 6) is 11.3. The predicted molar refractivity (Wildman–Crippen MR) is 79.5 cm³/mol. The van der Waals surface area contributed by atoms with Crippen molar-refractivity contribution in [2.75, 3.05) is 19.8 Å². The zero-order valence-corrected chi connectivity index (χ0v) is 12.5. The molecule has 0 radical (unpaired) electrons. The fourth-order valence-corrected chi connectivity index (χ4v) is 2.41. The molecule has 2 amide bonds. The molecule has 0 aromatic carbocycles. The van der Waals surface area contributed by atoms with Gasteiger partial charge in [0.2, 0.25) is 0 Å². The lowest BCUT2D eigenvalue weighted by atomic mass is 9.99. The number of hydrogen-bond donors (Lipinski definition) is 3. The molecular formula is C14H30N4O2. The van der Waals surface area contributed by atoms with Gasteiger partial charge in [0.15, 0.2) is 0 Å². The largest absolute Gasteiger partial charge is 0.381 e. The smallest absolute Gasteiger partial charge is 0.345 e. The van der Waals surface area contributed by atoms with Crippen LogP contribution in [0.3, 0.4) is 0 Å². The van der Waals surface area contributed by atoms with Gasteiger partial charge in [-0.05, 0) is 12.8 Å². The molecule has 1 rings (SSSR count). The molecule has 0 bridgehead atoms. The number of ether oxygens (including phenoxy) is 1. The SMILES string of the molecule is NNC(=O)N(N)CCCCCCCCCCC1COC1. The van der Waals surface area contributed by atoms with Crippen LogP contribution in [0, 0.1) is 5.92 Å². The van der Waals surface area contributed by atoms with Crippen molar-refractivity contribution < 1.29 is 9.53 Å². The van der Waals surface area contributed by atoms with Gasteiger partial charge >= 0.3 is 6.03 Å². The van der Waals surface area contributed by atoms with Crippen molar-refractivity contribution in [2.24, 2.45) is 17.6 Å². The van der Waals surface area contributed by atoms with E-state index >= 15 is 0 Å². The maximum absolute atomic E-state index is 11.0. The van der Waals surface area contributed by atoms with Gasteiger partial charge in [-0.1, -0.05) is 44.9 Å². The van der Waals surface area contributed by atoms with Crippen molar-refractivity contribution in [3.63, 3.8) is 0 Å². The number of carbonyl (C=O) groups excluding carboxylic acids is 1. The maximum Gasteiger partial charge on any atom is 0.345 e. The molecule has 1 aliphatic heterocycles. The van der Waals surface area contributed by atoms with Gasteiger partial charge in [0.05, 0.1) is 13.2 Å². The Bertz CT molecular complexity index is 260. The van der Waals surface area contributed by atoms with Crippen LogP contribution in [-0.4, -0.2) is 30.8 Å². The van der Waals surface area contributed by atoms with Crippen LogP contribution < -0.4 is 17.1 Å². The van der Waals surface area contributed by atoms with Gasteiger partial charge in [0, 0.05) is 12.5 Å². The number of nitrogens with one attached hydrogen (secondary N) is 1. The summed E-state index contributed by atoms with van der Waals surface area (Å²) in [6, 6.07) is -0.429. The van der Waals surface area contributed by atoms with Crippen molar-refractivity contribution in [1.29, 1.82) is 0 Å². The number of amides is 2. The van der Waals surface area contributed by atoms with Gasteiger partial charge in [-0.3, -0.25) is 10.4 Å². The fourth-order valence-electron chi connectivity index (χ4n) is 2.41. The summed E-state index contributed by atoms with van der Waals surface area (Å²) < 4.78 is 5.16. The quantitative estimate of drug-likeness (QED) is 0.234. The Labute approximate surface area is 122 Å². The van der Waals surface area contributed by atoms with Crippen LogP contribution in [0.2, 0.25) is 0 Å². The molecular weight excluding hydrogens is 256 g/mol.